The molecule has 1 rings (SSSR count). The lowest BCUT2D eigenvalue weighted by Crippen LogP contribution is -2.16. The zero-order valence-corrected chi connectivity index (χ0v) is 8.84. The lowest BCUT2D eigenvalue weighted by atomic mass is 9.91. The highest BCUT2D eigenvalue weighted by atomic mass is 79.9. The van der Waals surface area contributed by atoms with Crippen molar-refractivity contribution < 1.29 is 4.74 Å². The lowest BCUT2D eigenvalue weighted by molar-refractivity contribution is 0.146. The Balaban J connectivity index is 2.83. The Morgan fingerprint density at radius 1 is 1.67 bits per heavy atom. The van der Waals surface area contributed by atoms with Crippen molar-refractivity contribution in [3.63, 3.8) is 0 Å². The number of hydrogen-bond acceptors (Lipinski definition) is 2. The van der Waals surface area contributed by atoms with E-state index in [1.165, 1.54) is 0 Å². The van der Waals surface area contributed by atoms with Crippen molar-refractivity contribution in [1.29, 1.82) is 0 Å². The van der Waals surface area contributed by atoms with Gasteiger partial charge in [0.1, 0.15) is 0 Å². The summed E-state index contributed by atoms with van der Waals surface area (Å²) in [7, 11) is 1.70. The van der Waals surface area contributed by atoms with E-state index in [1.54, 1.807) is 19.5 Å². The maximum atomic E-state index is 5.12. The summed E-state index contributed by atoms with van der Waals surface area (Å²) < 4.78 is 6.11. The quantitative estimate of drug-likeness (QED) is 0.714. The minimum absolute atomic E-state index is 0.0515. The summed E-state index contributed by atoms with van der Waals surface area (Å²) in [6, 6.07) is 0. The fourth-order valence-corrected chi connectivity index (χ4v) is 1.77. The van der Waals surface area contributed by atoms with Gasteiger partial charge < -0.3 is 4.74 Å². The highest BCUT2D eigenvalue weighted by Gasteiger charge is 2.18. The smallest absolute Gasteiger partial charge is 0.0586 e. The van der Waals surface area contributed by atoms with Crippen LogP contribution in [0.3, 0.4) is 0 Å². The van der Waals surface area contributed by atoms with Gasteiger partial charge in [0.25, 0.3) is 0 Å². The fraction of sp³-hybridized carbons (Fsp3) is 0.444. The molecule has 0 bridgehead atoms. The van der Waals surface area contributed by atoms with E-state index in [9.17, 15) is 0 Å². The first-order valence-electron chi connectivity index (χ1n) is 3.74. The normalized spacial score (nSPS) is 28.4. The zero-order chi connectivity index (χ0) is 9.03. The Morgan fingerprint density at radius 2 is 2.42 bits per heavy atom. The Bertz CT molecular complexity index is 245. The van der Waals surface area contributed by atoms with Crippen LogP contribution >= 0.6 is 15.9 Å². The number of methoxy groups -OCH3 is 1. The third-order valence-electron chi connectivity index (χ3n) is 1.66. The summed E-state index contributed by atoms with van der Waals surface area (Å²) >= 11 is 3.40. The van der Waals surface area contributed by atoms with Crippen LogP contribution < -0.4 is 0 Å². The molecule has 0 saturated heterocycles. The van der Waals surface area contributed by atoms with E-state index in [0.717, 1.165) is 4.48 Å². The molecule has 12 heavy (non-hydrogen) atoms. The van der Waals surface area contributed by atoms with Crippen LogP contribution in [0.15, 0.2) is 27.8 Å². The predicted molar refractivity (Wildman–Crippen MR) is 54.6 cm³/mol. The van der Waals surface area contributed by atoms with Gasteiger partial charge in [-0.05, 0) is 15.9 Å². The van der Waals surface area contributed by atoms with Crippen LogP contribution in [-0.2, 0) is 4.74 Å². The van der Waals surface area contributed by atoms with Crippen molar-refractivity contribution in [3.8, 4) is 0 Å². The molecule has 0 amide bonds. The molecule has 1 aliphatic heterocycles. The topological polar surface area (TPSA) is 21.6 Å². The summed E-state index contributed by atoms with van der Waals surface area (Å²) in [6.07, 6.45) is 7.69. The largest absolute Gasteiger partial charge is 0.383 e. The fourth-order valence-electron chi connectivity index (χ4n) is 1.13. The van der Waals surface area contributed by atoms with E-state index in [0.29, 0.717) is 6.61 Å². The molecule has 0 N–H and O–H groups in total. The number of aliphatic imine (C=N–C) groups is 1. The van der Waals surface area contributed by atoms with Gasteiger partial charge in [0.2, 0.25) is 0 Å². The SMILES string of the molecule is COCC1(C)C=CN=CC(Br)=C1. The van der Waals surface area contributed by atoms with E-state index in [-0.39, 0.29) is 5.41 Å². The molecule has 1 unspecified atom stereocenters. The minimum atomic E-state index is -0.0515. The number of rotatable bonds is 2. The maximum Gasteiger partial charge on any atom is 0.0586 e. The van der Waals surface area contributed by atoms with Gasteiger partial charge in [-0.15, -0.1) is 0 Å². The molecule has 2 nitrogen and oxygen atoms in total. The molecule has 1 atom stereocenters. The summed E-state index contributed by atoms with van der Waals surface area (Å²) in [6.45, 7) is 2.77. The first-order valence-corrected chi connectivity index (χ1v) is 4.54. The van der Waals surface area contributed by atoms with Crippen LogP contribution in [0.4, 0.5) is 0 Å². The second kappa shape index (κ2) is 4.01. The second-order valence-corrected chi connectivity index (χ2v) is 3.98. The van der Waals surface area contributed by atoms with Crippen molar-refractivity contribution in [2.24, 2.45) is 10.4 Å². The summed E-state index contributed by atoms with van der Waals surface area (Å²) in [5.74, 6) is 0. The molecule has 66 valence electrons. The van der Waals surface area contributed by atoms with Gasteiger partial charge in [0, 0.05) is 29.4 Å². The van der Waals surface area contributed by atoms with Gasteiger partial charge in [-0.3, -0.25) is 4.99 Å². The Hall–Kier alpha value is -0.410. The van der Waals surface area contributed by atoms with Crippen LogP contribution in [0.1, 0.15) is 6.92 Å². The molecule has 1 heterocycles. The highest BCUT2D eigenvalue weighted by Crippen LogP contribution is 2.25. The van der Waals surface area contributed by atoms with E-state index < -0.39 is 0 Å². The van der Waals surface area contributed by atoms with Crippen LogP contribution in [0.25, 0.3) is 0 Å². The third-order valence-corrected chi connectivity index (χ3v) is 2.10. The van der Waals surface area contributed by atoms with Gasteiger partial charge in [-0.2, -0.15) is 0 Å². The average Bonchev–Trinajstić information content (AvgIpc) is 2.12. The molecule has 0 fully saturated rings. The number of hydrogen-bond donors (Lipinski definition) is 0. The molecule has 0 spiro atoms. The van der Waals surface area contributed by atoms with Crippen LogP contribution in [-0.4, -0.2) is 19.9 Å². The van der Waals surface area contributed by atoms with E-state index in [1.807, 2.05) is 6.08 Å². The van der Waals surface area contributed by atoms with Crippen LogP contribution in [0, 0.1) is 5.41 Å². The molecular formula is C9H12BrNO. The summed E-state index contributed by atoms with van der Waals surface area (Å²) in [4.78, 5) is 4.05. The van der Waals surface area contributed by atoms with Crippen molar-refractivity contribution in [2.45, 2.75) is 6.92 Å². The standard InChI is InChI=1S/C9H12BrNO/c1-9(7-12-2)3-4-11-6-8(10)5-9/h3-6H,7H2,1-2H3. The van der Waals surface area contributed by atoms with Crippen molar-refractivity contribution in [1.82, 2.24) is 0 Å². The molecule has 0 saturated carbocycles. The lowest BCUT2D eigenvalue weighted by Gasteiger charge is -2.19. The van der Waals surface area contributed by atoms with E-state index >= 15 is 0 Å². The van der Waals surface area contributed by atoms with Gasteiger partial charge in [0.15, 0.2) is 0 Å². The Labute approximate surface area is 81.2 Å². The maximum absolute atomic E-state index is 5.12. The number of allylic oxidation sites excluding steroid dienone is 1. The van der Waals surface area contributed by atoms with Gasteiger partial charge in [0.05, 0.1) is 6.61 Å². The average molecular weight is 230 g/mol. The predicted octanol–water partition coefficient (Wildman–Crippen LogP) is 2.52. The first-order chi connectivity index (χ1) is 5.66. The van der Waals surface area contributed by atoms with Gasteiger partial charge in [-0.25, -0.2) is 0 Å². The Kier molecular flexibility index (Phi) is 3.23. The zero-order valence-electron chi connectivity index (χ0n) is 7.25. The van der Waals surface area contributed by atoms with Crippen molar-refractivity contribution in [2.75, 3.05) is 13.7 Å². The first kappa shape index (κ1) is 9.68. The molecule has 0 aliphatic carbocycles. The molecule has 0 aromatic rings. The number of nitrogens with zero attached hydrogens (tertiary/aromatic N) is 1. The number of ether oxygens (including phenoxy) is 1. The summed E-state index contributed by atoms with van der Waals surface area (Å²) in [5, 5.41) is 0. The molecule has 1 aliphatic rings. The van der Waals surface area contributed by atoms with Crippen LogP contribution in [0.5, 0.6) is 0 Å². The monoisotopic (exact) mass is 229 g/mol. The molecule has 0 aromatic carbocycles. The molecule has 3 heteroatoms. The van der Waals surface area contributed by atoms with E-state index in [2.05, 4.69) is 33.9 Å². The minimum Gasteiger partial charge on any atom is -0.383 e. The summed E-state index contributed by atoms with van der Waals surface area (Å²) in [5.41, 5.74) is -0.0515. The third kappa shape index (κ3) is 2.57. The van der Waals surface area contributed by atoms with Crippen molar-refractivity contribution in [3.05, 3.63) is 22.8 Å². The van der Waals surface area contributed by atoms with Crippen LogP contribution in [0.2, 0.25) is 0 Å². The number of halogens is 1. The van der Waals surface area contributed by atoms with Gasteiger partial charge >= 0.3 is 0 Å². The van der Waals surface area contributed by atoms with Gasteiger partial charge in [-0.1, -0.05) is 19.1 Å². The van der Waals surface area contributed by atoms with Crippen molar-refractivity contribution >= 4 is 22.1 Å². The second-order valence-electron chi connectivity index (χ2n) is 3.06. The molecule has 0 aromatic heterocycles. The Morgan fingerprint density at radius 3 is 3.08 bits per heavy atom. The molecule has 0 radical (unpaired) electrons. The highest BCUT2D eigenvalue weighted by molar-refractivity contribution is 9.12. The van der Waals surface area contributed by atoms with E-state index in [4.69, 9.17) is 4.74 Å². The molecular weight excluding hydrogens is 218 g/mol.